The molecule has 9 heteroatoms. The highest BCUT2D eigenvalue weighted by atomic mass is 35.5. The smallest absolute Gasteiger partial charge is 0.280 e. The van der Waals surface area contributed by atoms with Crippen molar-refractivity contribution in [3.05, 3.63) is 53.6 Å². The van der Waals surface area contributed by atoms with Gasteiger partial charge in [0.15, 0.2) is 15.8 Å². The third-order valence-corrected chi connectivity index (χ3v) is 4.24. The van der Waals surface area contributed by atoms with Gasteiger partial charge in [0.2, 0.25) is 0 Å². The van der Waals surface area contributed by atoms with Crippen LogP contribution in [-0.4, -0.2) is 26.5 Å². The Labute approximate surface area is 152 Å². The SMILES string of the molecule is Cc1cc(Oc2ccccc2)c(S(C)(=O)=O)cc1C(=O)N=C(N)N.Cl. The Balaban J connectivity index is 0.00000312. The van der Waals surface area contributed by atoms with Crippen molar-refractivity contribution >= 4 is 34.1 Å². The van der Waals surface area contributed by atoms with Gasteiger partial charge in [0.1, 0.15) is 16.4 Å². The lowest BCUT2D eigenvalue weighted by atomic mass is 10.1. The molecule has 7 nitrogen and oxygen atoms in total. The first-order valence-corrected chi connectivity index (χ1v) is 8.79. The van der Waals surface area contributed by atoms with Gasteiger partial charge in [-0.2, -0.15) is 4.99 Å². The minimum atomic E-state index is -3.64. The molecule has 1 amide bonds. The maximum atomic E-state index is 12.1. The zero-order valence-electron chi connectivity index (χ0n) is 13.6. The number of guanidine groups is 1. The number of benzene rings is 2. The van der Waals surface area contributed by atoms with Gasteiger partial charge in [0.05, 0.1) is 0 Å². The number of carbonyl (C=O) groups is 1. The minimum Gasteiger partial charge on any atom is -0.456 e. The number of sulfone groups is 1. The summed E-state index contributed by atoms with van der Waals surface area (Å²) in [4.78, 5) is 15.4. The zero-order valence-corrected chi connectivity index (χ0v) is 15.2. The van der Waals surface area contributed by atoms with Crippen molar-refractivity contribution in [1.82, 2.24) is 0 Å². The Kier molecular flexibility index (Phi) is 6.55. The van der Waals surface area contributed by atoms with Gasteiger partial charge >= 0.3 is 0 Å². The number of halogens is 1. The van der Waals surface area contributed by atoms with Crippen molar-refractivity contribution in [3.8, 4) is 11.5 Å². The number of hydrogen-bond donors (Lipinski definition) is 2. The molecule has 0 aromatic heterocycles. The average Bonchev–Trinajstić information content (AvgIpc) is 2.46. The van der Waals surface area contributed by atoms with E-state index in [0.29, 0.717) is 11.3 Å². The van der Waals surface area contributed by atoms with Crippen LogP contribution in [0.2, 0.25) is 0 Å². The fourth-order valence-corrected chi connectivity index (χ4v) is 2.85. The number of carbonyl (C=O) groups excluding carboxylic acids is 1. The van der Waals surface area contributed by atoms with Crippen molar-refractivity contribution < 1.29 is 17.9 Å². The summed E-state index contributed by atoms with van der Waals surface area (Å²) in [6, 6.07) is 11.4. The molecule has 0 unspecified atom stereocenters. The van der Waals surface area contributed by atoms with Crippen molar-refractivity contribution in [2.75, 3.05) is 6.26 Å². The van der Waals surface area contributed by atoms with E-state index in [9.17, 15) is 13.2 Å². The summed E-state index contributed by atoms with van der Waals surface area (Å²) in [6.45, 7) is 1.64. The normalized spacial score (nSPS) is 10.5. The van der Waals surface area contributed by atoms with Crippen LogP contribution in [0.1, 0.15) is 15.9 Å². The first-order chi connectivity index (χ1) is 11.2. The number of ether oxygens (including phenoxy) is 1. The number of amides is 1. The van der Waals surface area contributed by atoms with Gasteiger partial charge < -0.3 is 16.2 Å². The predicted octanol–water partition coefficient (Wildman–Crippen LogP) is 2.03. The Morgan fingerprint density at radius 2 is 1.72 bits per heavy atom. The summed E-state index contributed by atoms with van der Waals surface area (Å²) in [5.41, 5.74) is 11.0. The predicted molar refractivity (Wildman–Crippen MR) is 98.2 cm³/mol. The standard InChI is InChI=1S/C16H17N3O4S.ClH/c1-10-8-13(23-11-6-4-3-5-7-11)14(24(2,21)22)9-12(10)15(20)19-16(17)18;/h3-9H,1-2H3,(H4,17,18,19,20);1H. The van der Waals surface area contributed by atoms with Crippen LogP contribution < -0.4 is 16.2 Å². The molecule has 25 heavy (non-hydrogen) atoms. The number of aliphatic imine (C=N–C) groups is 1. The quantitative estimate of drug-likeness (QED) is 0.614. The van der Waals surface area contributed by atoms with Crippen LogP contribution in [0.5, 0.6) is 11.5 Å². The van der Waals surface area contributed by atoms with E-state index in [-0.39, 0.29) is 28.6 Å². The van der Waals surface area contributed by atoms with Crippen molar-refractivity contribution in [2.45, 2.75) is 11.8 Å². The molecule has 0 saturated carbocycles. The van der Waals surface area contributed by atoms with Crippen molar-refractivity contribution in [2.24, 2.45) is 16.5 Å². The van der Waals surface area contributed by atoms with Crippen LogP contribution in [0.25, 0.3) is 0 Å². The third-order valence-electron chi connectivity index (χ3n) is 3.12. The molecule has 0 aliphatic carbocycles. The van der Waals surface area contributed by atoms with Gasteiger partial charge in [0, 0.05) is 11.8 Å². The second-order valence-corrected chi connectivity index (χ2v) is 7.13. The largest absolute Gasteiger partial charge is 0.456 e. The first kappa shape index (κ1) is 20.5. The Hall–Kier alpha value is -2.58. The second-order valence-electron chi connectivity index (χ2n) is 5.14. The monoisotopic (exact) mass is 383 g/mol. The molecule has 0 heterocycles. The van der Waals surface area contributed by atoms with Gasteiger partial charge in [-0.1, -0.05) is 18.2 Å². The van der Waals surface area contributed by atoms with E-state index in [2.05, 4.69) is 4.99 Å². The lowest BCUT2D eigenvalue weighted by Crippen LogP contribution is -2.24. The topological polar surface area (TPSA) is 125 Å². The molecule has 0 saturated heterocycles. The number of nitrogens with two attached hydrogens (primary N) is 2. The minimum absolute atomic E-state index is 0. The van der Waals surface area contributed by atoms with Gasteiger partial charge in [-0.05, 0) is 36.8 Å². The molecule has 2 aromatic rings. The summed E-state index contributed by atoms with van der Waals surface area (Å²) < 4.78 is 29.8. The van der Waals surface area contributed by atoms with Crippen LogP contribution in [0.15, 0.2) is 52.4 Å². The molecule has 0 fully saturated rings. The molecule has 2 aromatic carbocycles. The lowest BCUT2D eigenvalue weighted by Gasteiger charge is -2.13. The van der Waals surface area contributed by atoms with Crippen LogP contribution in [0, 0.1) is 6.92 Å². The summed E-state index contributed by atoms with van der Waals surface area (Å²) in [6.07, 6.45) is 1.03. The molecule has 0 bridgehead atoms. The van der Waals surface area contributed by atoms with Crippen molar-refractivity contribution in [3.63, 3.8) is 0 Å². The number of para-hydroxylation sites is 1. The van der Waals surface area contributed by atoms with Gasteiger partial charge in [-0.3, -0.25) is 4.79 Å². The summed E-state index contributed by atoms with van der Waals surface area (Å²) >= 11 is 0. The van der Waals surface area contributed by atoms with Crippen LogP contribution in [0.4, 0.5) is 0 Å². The van der Waals surface area contributed by atoms with Crippen LogP contribution in [0.3, 0.4) is 0 Å². The van der Waals surface area contributed by atoms with E-state index < -0.39 is 21.7 Å². The Morgan fingerprint density at radius 1 is 1.12 bits per heavy atom. The summed E-state index contributed by atoms with van der Waals surface area (Å²) in [7, 11) is -3.64. The van der Waals surface area contributed by atoms with Gasteiger partial charge in [0.25, 0.3) is 5.91 Å². The molecular weight excluding hydrogens is 366 g/mol. The summed E-state index contributed by atoms with van der Waals surface area (Å²) in [5, 5.41) is 0. The molecular formula is C16H18ClN3O4S. The highest BCUT2D eigenvalue weighted by Gasteiger charge is 2.21. The lowest BCUT2D eigenvalue weighted by molar-refractivity contribution is 0.100. The number of rotatable bonds is 4. The number of aryl methyl sites for hydroxylation is 1. The van der Waals surface area contributed by atoms with E-state index >= 15 is 0 Å². The molecule has 0 spiro atoms. The first-order valence-electron chi connectivity index (χ1n) is 6.90. The molecule has 4 N–H and O–H groups in total. The highest BCUT2D eigenvalue weighted by Crippen LogP contribution is 2.32. The van der Waals surface area contributed by atoms with E-state index in [1.165, 1.54) is 12.1 Å². The fraction of sp³-hybridized carbons (Fsp3) is 0.125. The van der Waals surface area contributed by atoms with Crippen molar-refractivity contribution in [1.29, 1.82) is 0 Å². The van der Waals surface area contributed by atoms with E-state index in [0.717, 1.165) is 6.26 Å². The van der Waals surface area contributed by atoms with Crippen LogP contribution >= 0.6 is 12.4 Å². The maximum Gasteiger partial charge on any atom is 0.280 e. The average molecular weight is 384 g/mol. The maximum absolute atomic E-state index is 12.1. The molecule has 0 aliphatic rings. The van der Waals surface area contributed by atoms with E-state index in [4.69, 9.17) is 16.2 Å². The molecule has 0 radical (unpaired) electrons. The van der Waals surface area contributed by atoms with E-state index in [1.807, 2.05) is 6.07 Å². The van der Waals surface area contributed by atoms with Crippen LogP contribution in [-0.2, 0) is 9.84 Å². The van der Waals surface area contributed by atoms with E-state index in [1.54, 1.807) is 31.2 Å². The molecule has 0 aliphatic heterocycles. The molecule has 2 rings (SSSR count). The zero-order chi connectivity index (χ0) is 17.9. The fourth-order valence-electron chi connectivity index (χ4n) is 2.05. The highest BCUT2D eigenvalue weighted by molar-refractivity contribution is 7.90. The summed E-state index contributed by atoms with van der Waals surface area (Å²) in [5.74, 6) is -0.513. The third kappa shape index (κ3) is 5.20. The molecule has 0 atom stereocenters. The number of nitrogens with zero attached hydrogens (tertiary/aromatic N) is 1. The Morgan fingerprint density at radius 3 is 2.24 bits per heavy atom. The Bertz CT molecular complexity index is 908. The second kappa shape index (κ2) is 8.00. The van der Waals surface area contributed by atoms with Gasteiger partial charge in [-0.15, -0.1) is 12.4 Å². The molecule has 134 valence electrons. The number of hydrogen-bond acceptors (Lipinski definition) is 4. The van der Waals surface area contributed by atoms with Gasteiger partial charge in [-0.25, -0.2) is 8.42 Å².